The molecule has 2 amide bonds. The molecule has 28 heavy (non-hydrogen) atoms. The lowest BCUT2D eigenvalue weighted by Gasteiger charge is -2.11. The second kappa shape index (κ2) is 9.05. The maximum atomic E-state index is 12.5. The van der Waals surface area contributed by atoms with E-state index in [0.29, 0.717) is 11.6 Å². The van der Waals surface area contributed by atoms with Crippen molar-refractivity contribution in [2.45, 2.75) is 40.7 Å². The van der Waals surface area contributed by atoms with Crippen molar-refractivity contribution in [1.29, 1.82) is 5.26 Å². The van der Waals surface area contributed by atoms with Gasteiger partial charge in [0, 0.05) is 29.2 Å². The number of amides is 2. The zero-order valence-electron chi connectivity index (χ0n) is 16.7. The molecule has 0 radical (unpaired) electrons. The molecule has 0 saturated carbocycles. The number of aromatic nitrogens is 1. The fourth-order valence-corrected chi connectivity index (χ4v) is 2.96. The molecule has 0 aliphatic heterocycles. The lowest BCUT2D eigenvalue weighted by molar-refractivity contribution is -0.112. The summed E-state index contributed by atoms with van der Waals surface area (Å²) in [6.45, 7) is 9.27. The Hall–Kier alpha value is -3.33. The first-order chi connectivity index (χ1) is 13.2. The summed E-state index contributed by atoms with van der Waals surface area (Å²) < 4.78 is 2.20. The smallest absolute Gasteiger partial charge is 0.266 e. The number of primary amides is 1. The van der Waals surface area contributed by atoms with E-state index in [2.05, 4.69) is 23.7 Å². The Balaban J connectivity index is 2.25. The molecule has 6 nitrogen and oxygen atoms in total. The van der Waals surface area contributed by atoms with Crippen molar-refractivity contribution >= 4 is 23.6 Å². The van der Waals surface area contributed by atoms with Crippen LogP contribution in [0.25, 0.3) is 6.08 Å². The normalized spacial score (nSPS) is 11.4. The molecule has 3 N–H and O–H groups in total. The van der Waals surface area contributed by atoms with Gasteiger partial charge in [-0.25, -0.2) is 0 Å². The fourth-order valence-electron chi connectivity index (χ4n) is 2.96. The Kier molecular flexibility index (Phi) is 6.78. The average Bonchev–Trinajstić information content (AvgIpc) is 2.90. The molecule has 146 valence electrons. The van der Waals surface area contributed by atoms with E-state index in [1.54, 1.807) is 24.3 Å². The highest BCUT2D eigenvalue weighted by Crippen LogP contribution is 2.20. The lowest BCUT2D eigenvalue weighted by Crippen LogP contribution is -2.15. The molecule has 0 bridgehead atoms. The van der Waals surface area contributed by atoms with Crippen LogP contribution in [0, 0.1) is 31.1 Å². The summed E-state index contributed by atoms with van der Waals surface area (Å²) in [6.07, 6.45) is 2.66. The Morgan fingerprint density at radius 3 is 2.61 bits per heavy atom. The van der Waals surface area contributed by atoms with Gasteiger partial charge in [0.2, 0.25) is 5.91 Å². The van der Waals surface area contributed by atoms with Crippen LogP contribution in [0.3, 0.4) is 0 Å². The number of aryl methyl sites for hydroxylation is 1. The summed E-state index contributed by atoms with van der Waals surface area (Å²) in [4.78, 5) is 23.8. The van der Waals surface area contributed by atoms with Crippen LogP contribution in [-0.4, -0.2) is 16.4 Å². The number of nitrogens with two attached hydrogens (primary N) is 1. The summed E-state index contributed by atoms with van der Waals surface area (Å²) in [5, 5.41) is 12.1. The van der Waals surface area contributed by atoms with Crippen LogP contribution in [0.1, 0.15) is 47.6 Å². The van der Waals surface area contributed by atoms with Crippen molar-refractivity contribution in [3.8, 4) is 6.07 Å². The van der Waals surface area contributed by atoms with Gasteiger partial charge < -0.3 is 15.6 Å². The van der Waals surface area contributed by atoms with Crippen LogP contribution in [-0.2, 0) is 11.3 Å². The van der Waals surface area contributed by atoms with E-state index in [9.17, 15) is 14.9 Å². The van der Waals surface area contributed by atoms with E-state index in [1.807, 2.05) is 26.0 Å². The predicted octanol–water partition coefficient (Wildman–Crippen LogP) is 3.80. The number of carbonyl (C=O) groups is 2. The van der Waals surface area contributed by atoms with E-state index >= 15 is 0 Å². The van der Waals surface area contributed by atoms with E-state index in [1.165, 1.54) is 6.07 Å². The zero-order valence-corrected chi connectivity index (χ0v) is 16.7. The van der Waals surface area contributed by atoms with Gasteiger partial charge in [-0.3, -0.25) is 9.59 Å². The third kappa shape index (κ3) is 5.10. The summed E-state index contributed by atoms with van der Waals surface area (Å²) in [7, 11) is 0. The van der Waals surface area contributed by atoms with E-state index < -0.39 is 11.8 Å². The molecule has 0 atom stereocenters. The van der Waals surface area contributed by atoms with Gasteiger partial charge in [-0.05, 0) is 62.1 Å². The molecule has 0 fully saturated rings. The molecular formula is C22H26N4O2. The van der Waals surface area contributed by atoms with E-state index in [4.69, 9.17) is 5.73 Å². The SMILES string of the molecule is Cc1cc(/C=C(\C#N)C(=O)Nc2cccc(C(N)=O)c2)c(C)n1CCC(C)C. The van der Waals surface area contributed by atoms with Crippen molar-refractivity contribution in [1.82, 2.24) is 4.57 Å². The molecule has 1 aromatic carbocycles. The highest BCUT2D eigenvalue weighted by atomic mass is 16.2. The molecule has 0 saturated heterocycles. The number of nitriles is 1. The molecule has 6 heteroatoms. The lowest BCUT2D eigenvalue weighted by atomic mass is 10.1. The minimum absolute atomic E-state index is 0.00594. The predicted molar refractivity (Wildman–Crippen MR) is 111 cm³/mol. The first-order valence-corrected chi connectivity index (χ1v) is 9.22. The molecule has 0 aliphatic rings. The Morgan fingerprint density at radius 1 is 1.29 bits per heavy atom. The molecule has 2 aromatic rings. The van der Waals surface area contributed by atoms with Crippen molar-refractivity contribution in [3.05, 3.63) is 58.4 Å². The van der Waals surface area contributed by atoms with Crippen LogP contribution in [0.15, 0.2) is 35.9 Å². The minimum atomic E-state index is -0.582. The molecule has 2 rings (SSSR count). The Labute approximate surface area is 165 Å². The Morgan fingerprint density at radius 2 is 2.00 bits per heavy atom. The van der Waals surface area contributed by atoms with Crippen molar-refractivity contribution < 1.29 is 9.59 Å². The minimum Gasteiger partial charge on any atom is -0.366 e. The molecule has 0 unspecified atom stereocenters. The first-order valence-electron chi connectivity index (χ1n) is 9.22. The standard InChI is InChI=1S/C22H26N4O2/c1-14(2)8-9-26-15(3)10-18(16(26)4)11-19(13-23)22(28)25-20-7-5-6-17(12-20)21(24)27/h5-7,10-12,14H,8-9H2,1-4H3,(H2,24,27)(H,25,28)/b19-11+. The van der Waals surface area contributed by atoms with Crippen LogP contribution in [0.2, 0.25) is 0 Å². The molecular weight excluding hydrogens is 352 g/mol. The number of carbonyl (C=O) groups excluding carboxylic acids is 2. The van der Waals surface area contributed by atoms with Crippen LogP contribution < -0.4 is 11.1 Å². The molecule has 1 aromatic heterocycles. The molecule has 1 heterocycles. The first kappa shape index (κ1) is 21.0. The van der Waals surface area contributed by atoms with Gasteiger partial charge >= 0.3 is 0 Å². The third-order valence-electron chi connectivity index (χ3n) is 4.61. The number of rotatable bonds is 7. The van der Waals surface area contributed by atoms with Gasteiger partial charge in [0.15, 0.2) is 0 Å². The second-order valence-electron chi connectivity index (χ2n) is 7.23. The third-order valence-corrected chi connectivity index (χ3v) is 4.61. The summed E-state index contributed by atoms with van der Waals surface area (Å²) >= 11 is 0. The topological polar surface area (TPSA) is 101 Å². The number of nitrogens with one attached hydrogen (secondary N) is 1. The van der Waals surface area contributed by atoms with Crippen LogP contribution in [0.4, 0.5) is 5.69 Å². The van der Waals surface area contributed by atoms with Gasteiger partial charge in [-0.15, -0.1) is 0 Å². The van der Waals surface area contributed by atoms with Gasteiger partial charge in [-0.1, -0.05) is 19.9 Å². The Bertz CT molecular complexity index is 961. The number of hydrogen-bond acceptors (Lipinski definition) is 3. The fraction of sp³-hybridized carbons (Fsp3) is 0.318. The average molecular weight is 378 g/mol. The summed E-state index contributed by atoms with van der Waals surface area (Å²) in [6, 6.07) is 10.2. The zero-order chi connectivity index (χ0) is 20.8. The van der Waals surface area contributed by atoms with E-state index in [0.717, 1.165) is 29.9 Å². The number of anilines is 1. The maximum Gasteiger partial charge on any atom is 0.266 e. The number of nitrogens with zero attached hydrogens (tertiary/aromatic N) is 2. The summed E-state index contributed by atoms with van der Waals surface area (Å²) in [5.74, 6) is -0.520. The maximum absolute atomic E-state index is 12.5. The molecule has 0 aliphatic carbocycles. The second-order valence-corrected chi connectivity index (χ2v) is 7.23. The van der Waals surface area contributed by atoms with Crippen molar-refractivity contribution in [2.24, 2.45) is 11.7 Å². The van der Waals surface area contributed by atoms with Crippen LogP contribution in [0.5, 0.6) is 0 Å². The van der Waals surface area contributed by atoms with Gasteiger partial charge in [0.25, 0.3) is 5.91 Å². The van der Waals surface area contributed by atoms with Crippen molar-refractivity contribution in [3.63, 3.8) is 0 Å². The van der Waals surface area contributed by atoms with Gasteiger partial charge in [0.1, 0.15) is 11.6 Å². The largest absolute Gasteiger partial charge is 0.366 e. The van der Waals surface area contributed by atoms with Gasteiger partial charge in [0.05, 0.1) is 0 Å². The highest BCUT2D eigenvalue weighted by molar-refractivity contribution is 6.10. The summed E-state index contributed by atoms with van der Waals surface area (Å²) in [5.41, 5.74) is 8.91. The van der Waals surface area contributed by atoms with E-state index in [-0.39, 0.29) is 11.1 Å². The molecule has 0 spiro atoms. The van der Waals surface area contributed by atoms with Crippen LogP contribution >= 0.6 is 0 Å². The monoisotopic (exact) mass is 378 g/mol. The quantitative estimate of drug-likeness (QED) is 0.566. The van der Waals surface area contributed by atoms with Gasteiger partial charge in [-0.2, -0.15) is 5.26 Å². The number of benzene rings is 1. The highest BCUT2D eigenvalue weighted by Gasteiger charge is 2.14. The number of hydrogen-bond donors (Lipinski definition) is 2. The van der Waals surface area contributed by atoms with Crippen molar-refractivity contribution in [2.75, 3.05) is 5.32 Å².